The van der Waals surface area contributed by atoms with Crippen LogP contribution in [0.1, 0.15) is 0 Å². The molecule has 0 saturated heterocycles. The van der Waals surface area contributed by atoms with Crippen LogP contribution in [-0.2, 0) is 0 Å². The van der Waals surface area contributed by atoms with E-state index in [4.69, 9.17) is 9.97 Å². The lowest BCUT2D eigenvalue weighted by atomic mass is 9.98. The molecular formula is C130H80N10. The predicted octanol–water partition coefficient (Wildman–Crippen LogP) is 33.6. The molecule has 0 bridgehead atoms. The van der Waals surface area contributed by atoms with Crippen LogP contribution in [0.15, 0.2) is 485 Å². The van der Waals surface area contributed by atoms with E-state index >= 15 is 0 Å². The normalized spacial score (nSPS) is 12.1. The summed E-state index contributed by atoms with van der Waals surface area (Å²) in [5, 5.41) is 18.5. The second-order valence-electron chi connectivity index (χ2n) is 37.2. The van der Waals surface area contributed by atoms with Gasteiger partial charge < -0.3 is 22.8 Å². The van der Waals surface area contributed by atoms with Crippen molar-refractivity contribution in [3.05, 3.63) is 485 Å². The summed E-state index contributed by atoms with van der Waals surface area (Å²) >= 11 is 0. The van der Waals surface area contributed by atoms with Gasteiger partial charge in [-0.15, -0.1) is 0 Å². The van der Waals surface area contributed by atoms with Gasteiger partial charge >= 0.3 is 0 Å². The van der Waals surface area contributed by atoms with E-state index in [-0.39, 0.29) is 0 Å². The summed E-state index contributed by atoms with van der Waals surface area (Å²) in [4.78, 5) is 12.3. The van der Waals surface area contributed by atoms with Crippen molar-refractivity contribution in [2.75, 3.05) is 0 Å². The first-order chi connectivity index (χ1) is 69.4. The van der Waals surface area contributed by atoms with Gasteiger partial charge in [0.15, 0.2) is 0 Å². The number of nitrogens with zero attached hydrogens (tertiary/aromatic N) is 10. The number of rotatable bonds is 13. The molecule has 0 unspecified atom stereocenters. The van der Waals surface area contributed by atoms with Crippen LogP contribution in [0, 0.1) is 0 Å². The molecule has 10 heteroatoms. The number of benzene rings is 21. The van der Waals surface area contributed by atoms with Crippen molar-refractivity contribution in [3.8, 4) is 102 Å². The standard InChI is InChI=1S/C130H80N10/c1-6-28-91(29-7-1)133-112-44-22-16-38-96(112)102-70-81(50-60-118(102)133)86-59-69-127-107(75-86)101-43-21-27-49-117(101)140(127)130-131-128(138-123-65-55-87(82-51-61-119-103(71-82)97-39-17-23-45-113(97)134(119)92-30-8-2-9-31-92)76-108(123)109-77-88(56-66-124(109)138)83-52-62-120-104(72-83)98-40-18-24-46-114(98)135(120)93-32-10-3-11-33-93)80-129(132-130)139-125-67-57-89(84-53-63-121-105(73-84)99-41-19-25-47-115(99)136(121)94-34-12-4-13-35-94)78-110(125)111-79-90(58-68-126(111)139)85-54-64-122-106(74-85)100-42-20-26-48-116(100)137(122)95-36-14-5-15-37-95/h1-80H. The highest BCUT2D eigenvalue weighted by Crippen LogP contribution is 2.48. The Kier molecular flexibility index (Phi) is 16.8. The van der Waals surface area contributed by atoms with Gasteiger partial charge in [0.2, 0.25) is 5.95 Å². The number of para-hydroxylation sites is 11. The zero-order chi connectivity index (χ0) is 91.5. The van der Waals surface area contributed by atoms with Crippen LogP contribution in [0.4, 0.5) is 0 Å². The van der Waals surface area contributed by atoms with E-state index in [2.05, 4.69) is 522 Å². The second kappa shape index (κ2) is 30.3. The third kappa shape index (κ3) is 11.7. The van der Waals surface area contributed by atoms with Gasteiger partial charge in [0.1, 0.15) is 11.6 Å². The van der Waals surface area contributed by atoms with Crippen molar-refractivity contribution in [2.45, 2.75) is 0 Å². The van der Waals surface area contributed by atoms with E-state index < -0.39 is 0 Å². The van der Waals surface area contributed by atoms with E-state index in [1.54, 1.807) is 0 Å². The number of hydrogen-bond donors (Lipinski definition) is 0. The number of fused-ring (bicyclic) bond motifs is 24. The Morgan fingerprint density at radius 1 is 0.107 bits per heavy atom. The topological polar surface area (TPSA) is 65.2 Å². The smallest absolute Gasteiger partial charge is 0.238 e. The van der Waals surface area contributed by atoms with E-state index in [1.165, 1.54) is 59.4 Å². The summed E-state index contributed by atoms with van der Waals surface area (Å²) in [7, 11) is 0. The summed E-state index contributed by atoms with van der Waals surface area (Å²) < 4.78 is 19.1. The summed E-state index contributed by atoms with van der Waals surface area (Å²) in [6.45, 7) is 0. The van der Waals surface area contributed by atoms with Gasteiger partial charge in [0, 0.05) is 121 Å². The quantitative estimate of drug-likeness (QED) is 0.115. The fourth-order valence-corrected chi connectivity index (χ4v) is 23.4. The molecule has 0 amide bonds. The fourth-order valence-electron chi connectivity index (χ4n) is 23.4. The molecule has 0 fully saturated rings. The van der Waals surface area contributed by atoms with Crippen molar-refractivity contribution in [1.29, 1.82) is 0 Å². The largest absolute Gasteiger partial charge is 0.309 e. The maximum atomic E-state index is 6.14. The molecular weight excluding hydrogens is 1700 g/mol. The first kappa shape index (κ1) is 77.5. The van der Waals surface area contributed by atoms with Gasteiger partial charge in [-0.25, -0.2) is 0 Å². The van der Waals surface area contributed by atoms with Crippen molar-refractivity contribution >= 4 is 174 Å². The molecule has 650 valence electrons. The highest BCUT2D eigenvalue weighted by atomic mass is 15.2. The van der Waals surface area contributed by atoms with Crippen LogP contribution in [0.25, 0.3) is 276 Å². The molecule has 0 atom stereocenters. The minimum absolute atomic E-state index is 0.523. The molecule has 0 aliphatic heterocycles. The maximum absolute atomic E-state index is 6.14. The average Bonchev–Trinajstić information content (AvgIpc) is 1.56. The second-order valence-corrected chi connectivity index (χ2v) is 37.2. The lowest BCUT2D eigenvalue weighted by molar-refractivity contribution is 0.918. The fraction of sp³-hybridized carbons (Fsp3) is 0. The summed E-state index contributed by atoms with van der Waals surface area (Å²) in [6.07, 6.45) is 0. The zero-order valence-corrected chi connectivity index (χ0v) is 75.7. The van der Waals surface area contributed by atoms with Crippen LogP contribution in [0.2, 0.25) is 0 Å². The zero-order valence-electron chi connectivity index (χ0n) is 75.7. The highest BCUT2D eigenvalue weighted by Gasteiger charge is 2.28. The molecule has 0 spiro atoms. The molecule has 0 N–H and O–H groups in total. The van der Waals surface area contributed by atoms with Crippen molar-refractivity contribution in [2.24, 2.45) is 0 Å². The molecule has 0 aliphatic carbocycles. The minimum Gasteiger partial charge on any atom is -0.309 e. The first-order valence-corrected chi connectivity index (χ1v) is 48.0. The molecule has 9 aromatic heterocycles. The van der Waals surface area contributed by atoms with E-state index in [0.29, 0.717) is 17.6 Å². The average molecular weight is 1780 g/mol. The van der Waals surface area contributed by atoms with Gasteiger partial charge in [0.25, 0.3) is 0 Å². The van der Waals surface area contributed by atoms with Crippen LogP contribution in [-0.4, -0.2) is 46.5 Å². The Hall–Kier alpha value is -18.9. The lowest BCUT2D eigenvalue weighted by Gasteiger charge is -2.15. The summed E-state index contributed by atoms with van der Waals surface area (Å²) in [6, 6.07) is 179. The molecule has 0 radical (unpaired) electrons. The van der Waals surface area contributed by atoms with Crippen LogP contribution in [0.3, 0.4) is 0 Å². The molecule has 30 rings (SSSR count). The van der Waals surface area contributed by atoms with E-state index in [0.717, 1.165) is 199 Å². The molecule has 21 aromatic carbocycles. The van der Waals surface area contributed by atoms with Gasteiger partial charge in [-0.2, -0.15) is 9.97 Å². The molecule has 0 saturated carbocycles. The number of aromatic nitrogens is 10. The predicted molar refractivity (Wildman–Crippen MR) is 584 cm³/mol. The Morgan fingerprint density at radius 2 is 0.250 bits per heavy atom. The maximum Gasteiger partial charge on any atom is 0.238 e. The molecule has 10 nitrogen and oxygen atoms in total. The summed E-state index contributed by atoms with van der Waals surface area (Å²) in [5.41, 5.74) is 34.3. The Bertz CT molecular complexity index is 9580. The monoisotopic (exact) mass is 1780 g/mol. The highest BCUT2D eigenvalue weighted by molar-refractivity contribution is 6.20. The van der Waals surface area contributed by atoms with Crippen molar-refractivity contribution in [1.82, 2.24) is 46.5 Å². The lowest BCUT2D eigenvalue weighted by Crippen LogP contribution is -2.10. The Balaban J connectivity index is 0.668. The van der Waals surface area contributed by atoms with E-state index in [9.17, 15) is 0 Å². The first-order valence-electron chi connectivity index (χ1n) is 48.0. The minimum atomic E-state index is 0.523. The van der Waals surface area contributed by atoms with Crippen molar-refractivity contribution in [3.63, 3.8) is 0 Å². The summed E-state index contributed by atoms with van der Waals surface area (Å²) in [5.74, 6) is 1.93. The number of hydrogen-bond acceptors (Lipinski definition) is 2. The van der Waals surface area contributed by atoms with Gasteiger partial charge in [-0.05, 0) is 274 Å². The SMILES string of the molecule is c1ccc(-n2c3ccccc3c3cc(-c4ccc5c(c4)c4cc(-c6ccc7c(c6)c6ccccc6n7-c6ccccc6)ccc4n5-c4cc(-n5c6ccc(-c7ccc8c(c7)c7ccccc7n8-c7ccccc7)cc6c6cc(-c7ccc8c(c7)c7ccccc7n8-c7ccccc7)ccc65)nc(-n5c6ccccc6c6cc(-c7ccc8c(c7)c7ccccc7n8-c7ccccc7)ccc65)n4)ccc32)cc1. The van der Waals surface area contributed by atoms with Gasteiger partial charge in [0.05, 0.1) is 88.3 Å². The molecule has 140 heavy (non-hydrogen) atoms. The van der Waals surface area contributed by atoms with Crippen LogP contribution in [0.5, 0.6) is 0 Å². The van der Waals surface area contributed by atoms with Gasteiger partial charge in [-0.3, -0.25) is 13.7 Å². The Morgan fingerprint density at radius 3 is 0.443 bits per heavy atom. The molecule has 0 aliphatic rings. The molecule has 30 aromatic rings. The van der Waals surface area contributed by atoms with E-state index in [1.807, 2.05) is 0 Å². The third-order valence-electron chi connectivity index (χ3n) is 29.6. The van der Waals surface area contributed by atoms with Gasteiger partial charge in [-0.1, -0.05) is 261 Å². The van der Waals surface area contributed by atoms with Crippen LogP contribution >= 0.6 is 0 Å². The van der Waals surface area contributed by atoms with Crippen molar-refractivity contribution < 1.29 is 0 Å². The molecule has 9 heterocycles. The van der Waals surface area contributed by atoms with Crippen LogP contribution < -0.4 is 0 Å². The Labute approximate surface area is 802 Å². The third-order valence-corrected chi connectivity index (χ3v) is 29.6.